The average Bonchev–Trinajstić information content (AvgIpc) is 2.61. The third-order valence-electron chi connectivity index (χ3n) is 4.09. The molecule has 1 unspecified atom stereocenters. The lowest BCUT2D eigenvalue weighted by molar-refractivity contribution is 0.179. The lowest BCUT2D eigenvalue weighted by atomic mass is 10.2. The molecule has 3 N–H and O–H groups in total. The van der Waals surface area contributed by atoms with Crippen molar-refractivity contribution < 1.29 is 13.2 Å². The Morgan fingerprint density at radius 1 is 1.36 bits per heavy atom. The highest BCUT2D eigenvalue weighted by Crippen LogP contribution is 2.21. The van der Waals surface area contributed by atoms with Crippen LogP contribution in [0.15, 0.2) is 34.2 Å². The molecule has 1 aliphatic heterocycles. The number of sulfonamides is 1. The Kier molecular flexibility index (Phi) is 7.22. The number of nitrogens with two attached hydrogens (primary N) is 1. The molecule has 0 bridgehead atoms. The van der Waals surface area contributed by atoms with Gasteiger partial charge in [-0.05, 0) is 37.5 Å². The lowest BCUT2D eigenvalue weighted by Crippen LogP contribution is -2.40. The number of ether oxygens (including phenoxy) is 1. The van der Waals surface area contributed by atoms with Crippen LogP contribution in [0.25, 0.3) is 0 Å². The Morgan fingerprint density at radius 3 is 2.76 bits per heavy atom. The summed E-state index contributed by atoms with van der Waals surface area (Å²) in [5.41, 5.74) is 6.66. The van der Waals surface area contributed by atoms with Gasteiger partial charge in [0, 0.05) is 26.2 Å². The average molecular weight is 369 g/mol. The molecule has 1 fully saturated rings. The Balaban J connectivity index is 2.05. The predicted octanol–water partition coefficient (Wildman–Crippen LogP) is 1.30. The Morgan fingerprint density at radius 2 is 2.08 bits per heavy atom. The molecule has 1 atom stereocenters. The third kappa shape index (κ3) is 5.69. The van der Waals surface area contributed by atoms with Crippen molar-refractivity contribution in [3.8, 4) is 0 Å². The normalized spacial score (nSPS) is 18.1. The molecule has 1 aliphatic rings. The van der Waals surface area contributed by atoms with Gasteiger partial charge >= 0.3 is 0 Å². The van der Waals surface area contributed by atoms with E-state index in [2.05, 4.69) is 10.3 Å². The van der Waals surface area contributed by atoms with E-state index in [1.807, 2.05) is 13.0 Å². The first kappa shape index (κ1) is 19.7. The van der Waals surface area contributed by atoms with Gasteiger partial charge in [0.1, 0.15) is 0 Å². The zero-order chi connectivity index (χ0) is 18.3. The standard InChI is InChI=1S/C17H28N4O3S/c1-14(13-24-2)20-17(18)19-12-15-7-6-8-16(11-15)25(22,23)21-9-4-3-5-10-21/h6-8,11,14H,3-5,9-10,12-13H2,1-2H3,(H3,18,19,20). The van der Waals surface area contributed by atoms with Crippen LogP contribution in [-0.2, 0) is 21.3 Å². The molecule has 0 radical (unpaired) electrons. The molecule has 25 heavy (non-hydrogen) atoms. The van der Waals surface area contributed by atoms with Crippen molar-refractivity contribution in [1.82, 2.24) is 9.62 Å². The van der Waals surface area contributed by atoms with Crippen molar-refractivity contribution in [1.29, 1.82) is 0 Å². The third-order valence-corrected chi connectivity index (χ3v) is 5.99. The van der Waals surface area contributed by atoms with Crippen LogP contribution in [0.4, 0.5) is 0 Å². The van der Waals surface area contributed by atoms with E-state index in [0.29, 0.717) is 37.1 Å². The maximum absolute atomic E-state index is 12.7. The van der Waals surface area contributed by atoms with E-state index in [4.69, 9.17) is 10.5 Å². The summed E-state index contributed by atoms with van der Waals surface area (Å²) in [4.78, 5) is 4.59. The number of aliphatic imine (C=N–C) groups is 1. The highest BCUT2D eigenvalue weighted by Gasteiger charge is 2.25. The Bertz CT molecular complexity index is 685. The number of methoxy groups -OCH3 is 1. The van der Waals surface area contributed by atoms with Gasteiger partial charge in [0.05, 0.1) is 18.0 Å². The van der Waals surface area contributed by atoms with E-state index in [1.54, 1.807) is 29.6 Å². The number of piperidine rings is 1. The number of nitrogens with one attached hydrogen (secondary N) is 1. The van der Waals surface area contributed by atoms with Gasteiger partial charge in [-0.15, -0.1) is 0 Å². The van der Waals surface area contributed by atoms with Crippen LogP contribution >= 0.6 is 0 Å². The van der Waals surface area contributed by atoms with E-state index in [1.165, 1.54) is 0 Å². The fourth-order valence-corrected chi connectivity index (χ4v) is 4.41. The molecule has 1 aromatic carbocycles. The van der Waals surface area contributed by atoms with Gasteiger partial charge in [-0.25, -0.2) is 13.4 Å². The minimum Gasteiger partial charge on any atom is -0.383 e. The smallest absolute Gasteiger partial charge is 0.243 e. The number of hydrogen-bond acceptors (Lipinski definition) is 4. The van der Waals surface area contributed by atoms with E-state index in [0.717, 1.165) is 24.8 Å². The number of rotatable bonds is 7. The Hall–Kier alpha value is -1.64. The maximum Gasteiger partial charge on any atom is 0.243 e. The van der Waals surface area contributed by atoms with Gasteiger partial charge in [0.2, 0.25) is 10.0 Å². The zero-order valence-electron chi connectivity index (χ0n) is 14.9. The number of nitrogens with zero attached hydrogens (tertiary/aromatic N) is 2. The minimum absolute atomic E-state index is 0.0552. The van der Waals surface area contributed by atoms with Crippen molar-refractivity contribution >= 4 is 16.0 Å². The van der Waals surface area contributed by atoms with Crippen molar-refractivity contribution in [2.24, 2.45) is 10.7 Å². The predicted molar refractivity (Wildman–Crippen MR) is 98.9 cm³/mol. The quantitative estimate of drug-likeness (QED) is 0.558. The molecular formula is C17H28N4O3S. The van der Waals surface area contributed by atoms with Crippen molar-refractivity contribution in [3.05, 3.63) is 29.8 Å². The summed E-state index contributed by atoms with van der Waals surface area (Å²) in [6.07, 6.45) is 2.94. The second-order valence-corrected chi connectivity index (χ2v) is 8.25. The van der Waals surface area contributed by atoms with Gasteiger partial charge in [-0.2, -0.15) is 4.31 Å². The van der Waals surface area contributed by atoms with Crippen molar-refractivity contribution in [2.75, 3.05) is 26.8 Å². The SMILES string of the molecule is COCC(C)NC(N)=NCc1cccc(S(=O)(=O)N2CCCCC2)c1. The van der Waals surface area contributed by atoms with Crippen LogP contribution in [0.1, 0.15) is 31.7 Å². The van der Waals surface area contributed by atoms with E-state index in [-0.39, 0.29) is 6.04 Å². The molecule has 0 amide bonds. The molecule has 7 nitrogen and oxygen atoms in total. The highest BCUT2D eigenvalue weighted by atomic mass is 32.2. The summed E-state index contributed by atoms with van der Waals surface area (Å²) in [6.45, 7) is 3.98. The number of hydrogen-bond donors (Lipinski definition) is 2. The first-order chi connectivity index (χ1) is 11.9. The fourth-order valence-electron chi connectivity index (χ4n) is 2.82. The summed E-state index contributed by atoms with van der Waals surface area (Å²) in [5.74, 6) is 0.314. The summed E-state index contributed by atoms with van der Waals surface area (Å²) in [5, 5.41) is 3.02. The lowest BCUT2D eigenvalue weighted by Gasteiger charge is -2.26. The molecule has 0 aromatic heterocycles. The molecule has 8 heteroatoms. The summed E-state index contributed by atoms with van der Waals surface area (Å²) < 4.78 is 32.1. The molecular weight excluding hydrogens is 340 g/mol. The molecule has 0 saturated carbocycles. The molecule has 140 valence electrons. The van der Waals surface area contributed by atoms with Gasteiger partial charge in [-0.1, -0.05) is 18.6 Å². The molecule has 0 spiro atoms. The second-order valence-electron chi connectivity index (χ2n) is 6.31. The molecule has 1 aromatic rings. The summed E-state index contributed by atoms with van der Waals surface area (Å²) in [6, 6.07) is 6.97. The topological polar surface area (TPSA) is 97.0 Å². The molecule has 1 saturated heterocycles. The van der Waals surface area contributed by atoms with Crippen LogP contribution in [0.3, 0.4) is 0 Å². The van der Waals surface area contributed by atoms with Crippen LogP contribution in [0, 0.1) is 0 Å². The zero-order valence-corrected chi connectivity index (χ0v) is 15.8. The van der Waals surface area contributed by atoms with Crippen LogP contribution in [0.5, 0.6) is 0 Å². The first-order valence-electron chi connectivity index (χ1n) is 8.58. The highest BCUT2D eigenvalue weighted by molar-refractivity contribution is 7.89. The van der Waals surface area contributed by atoms with Gasteiger partial charge < -0.3 is 15.8 Å². The summed E-state index contributed by atoms with van der Waals surface area (Å²) in [7, 11) is -1.80. The van der Waals surface area contributed by atoms with Crippen molar-refractivity contribution in [2.45, 2.75) is 43.7 Å². The fraction of sp³-hybridized carbons (Fsp3) is 0.588. The van der Waals surface area contributed by atoms with E-state index < -0.39 is 10.0 Å². The number of benzene rings is 1. The Labute approximate surface area is 150 Å². The van der Waals surface area contributed by atoms with Gasteiger partial charge in [0.15, 0.2) is 5.96 Å². The van der Waals surface area contributed by atoms with Gasteiger partial charge in [0.25, 0.3) is 0 Å². The first-order valence-corrected chi connectivity index (χ1v) is 10.0. The van der Waals surface area contributed by atoms with Crippen LogP contribution in [0.2, 0.25) is 0 Å². The van der Waals surface area contributed by atoms with E-state index >= 15 is 0 Å². The van der Waals surface area contributed by atoms with Crippen LogP contribution in [-0.4, -0.2) is 51.5 Å². The number of guanidine groups is 1. The second kappa shape index (κ2) is 9.17. The minimum atomic E-state index is -3.43. The molecule has 2 rings (SSSR count). The monoisotopic (exact) mass is 368 g/mol. The molecule has 0 aliphatic carbocycles. The summed E-state index contributed by atoms with van der Waals surface area (Å²) >= 11 is 0. The molecule has 1 heterocycles. The van der Waals surface area contributed by atoms with Crippen LogP contribution < -0.4 is 11.1 Å². The maximum atomic E-state index is 12.7. The van der Waals surface area contributed by atoms with Gasteiger partial charge in [-0.3, -0.25) is 0 Å². The largest absolute Gasteiger partial charge is 0.383 e. The van der Waals surface area contributed by atoms with Crippen molar-refractivity contribution in [3.63, 3.8) is 0 Å². The van der Waals surface area contributed by atoms with E-state index in [9.17, 15) is 8.42 Å².